The van der Waals surface area contributed by atoms with Crippen LogP contribution in [0.1, 0.15) is 31.0 Å². The Bertz CT molecular complexity index is 274. The number of benzene rings is 1. The van der Waals surface area contributed by atoms with Gasteiger partial charge in [-0.05, 0) is 24.5 Å². The molecule has 0 heterocycles. The Morgan fingerprint density at radius 3 is 2.50 bits per heavy atom. The van der Waals surface area contributed by atoms with Gasteiger partial charge in [-0.15, -0.1) is 6.58 Å². The van der Waals surface area contributed by atoms with Crippen LogP contribution in [-0.4, -0.2) is 6.54 Å². The summed E-state index contributed by atoms with van der Waals surface area (Å²) in [4.78, 5) is 0. The van der Waals surface area contributed by atoms with Gasteiger partial charge in [0.25, 0.3) is 0 Å². The summed E-state index contributed by atoms with van der Waals surface area (Å²) in [7, 11) is 0. The molecule has 0 saturated carbocycles. The maximum Gasteiger partial charge on any atom is 0.0294 e. The molecule has 0 radical (unpaired) electrons. The van der Waals surface area contributed by atoms with Crippen LogP contribution >= 0.6 is 0 Å². The second kappa shape index (κ2) is 5.61. The number of aryl methyl sites for hydroxylation is 1. The van der Waals surface area contributed by atoms with Gasteiger partial charge in [-0.25, -0.2) is 0 Å². The lowest BCUT2D eigenvalue weighted by Gasteiger charge is -2.12. The SMILES string of the molecule is C=CCNC(C)c1ccc(CC)cc1. The van der Waals surface area contributed by atoms with Crippen LogP contribution in [0.25, 0.3) is 0 Å². The van der Waals surface area contributed by atoms with Crippen molar-refractivity contribution in [2.75, 3.05) is 6.54 Å². The largest absolute Gasteiger partial charge is 0.307 e. The van der Waals surface area contributed by atoms with E-state index >= 15 is 0 Å². The van der Waals surface area contributed by atoms with Crippen LogP contribution in [0, 0.1) is 0 Å². The molecule has 0 saturated heterocycles. The van der Waals surface area contributed by atoms with E-state index in [2.05, 4.69) is 50.0 Å². The molecule has 1 aromatic rings. The maximum atomic E-state index is 3.69. The lowest BCUT2D eigenvalue weighted by molar-refractivity contribution is 0.617. The maximum absolute atomic E-state index is 3.69. The highest BCUT2D eigenvalue weighted by atomic mass is 14.9. The molecule has 0 bridgehead atoms. The Hall–Kier alpha value is -1.08. The zero-order valence-electron chi connectivity index (χ0n) is 9.09. The Labute approximate surface area is 86.8 Å². The van der Waals surface area contributed by atoms with Gasteiger partial charge in [0.15, 0.2) is 0 Å². The molecule has 1 unspecified atom stereocenters. The van der Waals surface area contributed by atoms with E-state index in [1.165, 1.54) is 11.1 Å². The van der Waals surface area contributed by atoms with Gasteiger partial charge in [0.2, 0.25) is 0 Å². The highest BCUT2D eigenvalue weighted by Crippen LogP contribution is 2.13. The zero-order valence-corrected chi connectivity index (χ0v) is 9.09. The predicted octanol–water partition coefficient (Wildman–Crippen LogP) is 3.09. The van der Waals surface area contributed by atoms with Crippen molar-refractivity contribution in [1.82, 2.24) is 5.32 Å². The van der Waals surface area contributed by atoms with E-state index in [1.807, 2.05) is 6.08 Å². The lowest BCUT2D eigenvalue weighted by Crippen LogP contribution is -2.18. The molecule has 1 atom stereocenters. The summed E-state index contributed by atoms with van der Waals surface area (Å²) in [6.07, 6.45) is 2.99. The first-order valence-electron chi connectivity index (χ1n) is 5.21. The van der Waals surface area contributed by atoms with Gasteiger partial charge in [-0.3, -0.25) is 0 Å². The Morgan fingerprint density at radius 2 is 2.00 bits per heavy atom. The van der Waals surface area contributed by atoms with Gasteiger partial charge in [-0.2, -0.15) is 0 Å². The molecule has 76 valence electrons. The average molecular weight is 189 g/mol. The molecule has 1 heteroatoms. The van der Waals surface area contributed by atoms with E-state index in [-0.39, 0.29) is 0 Å². The van der Waals surface area contributed by atoms with Crippen molar-refractivity contribution < 1.29 is 0 Å². The average Bonchev–Trinajstić information content (AvgIpc) is 2.26. The predicted molar refractivity (Wildman–Crippen MR) is 62.4 cm³/mol. The van der Waals surface area contributed by atoms with Crippen LogP contribution < -0.4 is 5.32 Å². The summed E-state index contributed by atoms with van der Waals surface area (Å²) in [5, 5.41) is 3.37. The molecule has 0 aromatic heterocycles. The first kappa shape index (κ1) is 11.0. The topological polar surface area (TPSA) is 12.0 Å². The van der Waals surface area contributed by atoms with Crippen molar-refractivity contribution >= 4 is 0 Å². The van der Waals surface area contributed by atoms with Crippen molar-refractivity contribution in [2.24, 2.45) is 0 Å². The second-order valence-corrected chi connectivity index (χ2v) is 3.51. The number of rotatable bonds is 5. The summed E-state index contributed by atoms with van der Waals surface area (Å²) >= 11 is 0. The van der Waals surface area contributed by atoms with E-state index in [9.17, 15) is 0 Å². The fraction of sp³-hybridized carbons (Fsp3) is 0.385. The van der Waals surface area contributed by atoms with Crippen LogP contribution in [0.15, 0.2) is 36.9 Å². The third kappa shape index (κ3) is 3.00. The van der Waals surface area contributed by atoms with E-state index in [0.717, 1.165) is 13.0 Å². The molecule has 0 fully saturated rings. The van der Waals surface area contributed by atoms with Crippen LogP contribution in [0.5, 0.6) is 0 Å². The Balaban J connectivity index is 2.61. The van der Waals surface area contributed by atoms with Crippen molar-refractivity contribution in [2.45, 2.75) is 26.3 Å². The number of hydrogen-bond donors (Lipinski definition) is 1. The third-order valence-electron chi connectivity index (χ3n) is 2.46. The molecule has 1 rings (SSSR count). The molecule has 0 amide bonds. The van der Waals surface area contributed by atoms with Gasteiger partial charge in [-0.1, -0.05) is 37.3 Å². The highest BCUT2D eigenvalue weighted by Gasteiger charge is 2.02. The Kier molecular flexibility index (Phi) is 4.41. The van der Waals surface area contributed by atoms with Crippen molar-refractivity contribution in [3.63, 3.8) is 0 Å². The fourth-order valence-corrected chi connectivity index (χ4v) is 1.42. The van der Waals surface area contributed by atoms with Gasteiger partial charge in [0.1, 0.15) is 0 Å². The quantitative estimate of drug-likeness (QED) is 0.702. The molecule has 1 N–H and O–H groups in total. The van der Waals surface area contributed by atoms with Gasteiger partial charge in [0, 0.05) is 12.6 Å². The summed E-state index contributed by atoms with van der Waals surface area (Å²) in [5.41, 5.74) is 2.73. The van der Waals surface area contributed by atoms with E-state index in [1.54, 1.807) is 0 Å². The van der Waals surface area contributed by atoms with Gasteiger partial charge < -0.3 is 5.32 Å². The number of nitrogens with one attached hydrogen (secondary N) is 1. The molecule has 14 heavy (non-hydrogen) atoms. The van der Waals surface area contributed by atoms with E-state index < -0.39 is 0 Å². The van der Waals surface area contributed by atoms with Gasteiger partial charge >= 0.3 is 0 Å². The smallest absolute Gasteiger partial charge is 0.0294 e. The van der Waals surface area contributed by atoms with Crippen molar-refractivity contribution in [3.8, 4) is 0 Å². The first-order valence-corrected chi connectivity index (χ1v) is 5.21. The standard InChI is InChI=1S/C13H19N/c1-4-10-14-11(3)13-8-6-12(5-2)7-9-13/h4,6-9,11,14H,1,5,10H2,2-3H3. The molecule has 1 aromatic carbocycles. The van der Waals surface area contributed by atoms with E-state index in [0.29, 0.717) is 6.04 Å². The monoisotopic (exact) mass is 189 g/mol. The second-order valence-electron chi connectivity index (χ2n) is 3.51. The third-order valence-corrected chi connectivity index (χ3v) is 2.46. The molecular formula is C13H19N. The summed E-state index contributed by atoms with van der Waals surface area (Å²) in [6.45, 7) is 8.90. The summed E-state index contributed by atoms with van der Waals surface area (Å²) < 4.78 is 0. The van der Waals surface area contributed by atoms with Crippen LogP contribution in [-0.2, 0) is 6.42 Å². The molecule has 1 nitrogen and oxygen atoms in total. The highest BCUT2D eigenvalue weighted by molar-refractivity contribution is 5.24. The van der Waals surface area contributed by atoms with E-state index in [4.69, 9.17) is 0 Å². The minimum Gasteiger partial charge on any atom is -0.307 e. The summed E-state index contributed by atoms with van der Waals surface area (Å²) in [6, 6.07) is 9.18. The molecule has 0 aliphatic heterocycles. The fourth-order valence-electron chi connectivity index (χ4n) is 1.42. The van der Waals surface area contributed by atoms with Crippen LogP contribution in [0.2, 0.25) is 0 Å². The molecule has 0 spiro atoms. The molecule has 0 aliphatic carbocycles. The minimum absolute atomic E-state index is 0.402. The van der Waals surface area contributed by atoms with Crippen molar-refractivity contribution in [3.05, 3.63) is 48.0 Å². The van der Waals surface area contributed by atoms with Crippen LogP contribution in [0.3, 0.4) is 0 Å². The minimum atomic E-state index is 0.402. The normalized spacial score (nSPS) is 12.4. The van der Waals surface area contributed by atoms with Gasteiger partial charge in [0.05, 0.1) is 0 Å². The van der Waals surface area contributed by atoms with Crippen LogP contribution in [0.4, 0.5) is 0 Å². The lowest BCUT2D eigenvalue weighted by atomic mass is 10.1. The first-order chi connectivity index (χ1) is 6.77. The molecular weight excluding hydrogens is 170 g/mol. The summed E-state index contributed by atoms with van der Waals surface area (Å²) in [5.74, 6) is 0. The Morgan fingerprint density at radius 1 is 1.36 bits per heavy atom. The molecule has 0 aliphatic rings. The zero-order chi connectivity index (χ0) is 10.4. The van der Waals surface area contributed by atoms with Crippen molar-refractivity contribution in [1.29, 1.82) is 0 Å². The number of hydrogen-bond acceptors (Lipinski definition) is 1.